The molecule has 10 heteroatoms. The Morgan fingerprint density at radius 3 is 2.54 bits per heavy atom. The number of hydrogen-bond donors (Lipinski definition) is 2. The van der Waals surface area contributed by atoms with Crippen LogP contribution in [0.2, 0.25) is 0 Å². The Kier molecular flexibility index (Phi) is 6.15. The third-order valence-electron chi connectivity index (χ3n) is 7.81. The van der Waals surface area contributed by atoms with Crippen LogP contribution in [-0.4, -0.2) is 31.3 Å². The summed E-state index contributed by atoms with van der Waals surface area (Å²) in [6.45, 7) is 3.92. The van der Waals surface area contributed by atoms with Crippen molar-refractivity contribution >= 4 is 11.6 Å². The first-order chi connectivity index (χ1) is 17.4. The number of nitrogens with zero attached hydrogens (tertiary/aromatic N) is 4. The minimum Gasteiger partial charge on any atom is -0.377 e. The van der Waals surface area contributed by atoms with Crippen molar-refractivity contribution in [2.45, 2.75) is 69.9 Å². The molecule has 5 rings (SSSR count). The number of halogens is 3. The smallest absolute Gasteiger partial charge is 0.377 e. The summed E-state index contributed by atoms with van der Waals surface area (Å²) in [6.07, 6.45) is 0.225. The molecule has 1 atom stereocenters. The fourth-order valence-corrected chi connectivity index (χ4v) is 5.31. The van der Waals surface area contributed by atoms with Crippen molar-refractivity contribution in [3.63, 3.8) is 0 Å². The molecule has 1 aromatic heterocycles. The van der Waals surface area contributed by atoms with Crippen molar-refractivity contribution in [3.05, 3.63) is 76.4 Å². The zero-order valence-corrected chi connectivity index (χ0v) is 21.1. The van der Waals surface area contributed by atoms with Crippen molar-refractivity contribution in [3.8, 4) is 0 Å². The third-order valence-corrected chi connectivity index (χ3v) is 7.81. The first-order valence-electron chi connectivity index (χ1n) is 12.4. The van der Waals surface area contributed by atoms with Crippen LogP contribution in [0.4, 0.5) is 18.9 Å². The van der Waals surface area contributed by atoms with Gasteiger partial charge >= 0.3 is 6.18 Å². The monoisotopic (exact) mass is 513 g/mol. The van der Waals surface area contributed by atoms with E-state index >= 15 is 0 Å². The highest BCUT2D eigenvalue weighted by atomic mass is 19.4. The van der Waals surface area contributed by atoms with E-state index < -0.39 is 23.2 Å². The van der Waals surface area contributed by atoms with E-state index in [1.807, 2.05) is 0 Å². The normalized spacial score (nSPS) is 18.5. The van der Waals surface area contributed by atoms with Crippen molar-refractivity contribution < 1.29 is 23.1 Å². The number of nitrogens with one attached hydrogen (secondary N) is 1. The van der Waals surface area contributed by atoms with Crippen LogP contribution in [-0.2, 0) is 31.9 Å². The summed E-state index contributed by atoms with van der Waals surface area (Å²) < 4.78 is 43.9. The average molecular weight is 514 g/mol. The number of aromatic nitrogens is 3. The number of carbonyl (C=O) groups is 1. The molecule has 37 heavy (non-hydrogen) atoms. The van der Waals surface area contributed by atoms with Crippen LogP contribution in [0.5, 0.6) is 0 Å². The molecule has 1 saturated carbocycles. The first-order valence-corrected chi connectivity index (χ1v) is 12.4. The van der Waals surface area contributed by atoms with Crippen molar-refractivity contribution in [2.75, 3.05) is 4.90 Å². The minimum absolute atomic E-state index is 0.0273. The Morgan fingerprint density at radius 2 is 1.95 bits per heavy atom. The minimum atomic E-state index is -4.59. The second-order valence-electron chi connectivity index (χ2n) is 10.4. The predicted molar refractivity (Wildman–Crippen MR) is 132 cm³/mol. The van der Waals surface area contributed by atoms with Gasteiger partial charge in [0.15, 0.2) is 5.82 Å². The molecule has 0 unspecified atom stereocenters. The first kappa shape index (κ1) is 25.4. The van der Waals surface area contributed by atoms with Gasteiger partial charge in [0.1, 0.15) is 11.9 Å². The Hall–Kier alpha value is -3.24. The number of amides is 1. The molecule has 1 aliphatic heterocycles. The van der Waals surface area contributed by atoms with Crippen LogP contribution in [0.15, 0.2) is 42.7 Å². The van der Waals surface area contributed by atoms with Crippen LogP contribution in [0, 0.1) is 0 Å². The molecule has 0 bridgehead atoms. The molecule has 1 aliphatic carbocycles. The molecule has 2 aromatic carbocycles. The van der Waals surface area contributed by atoms with Gasteiger partial charge in [0.25, 0.3) is 5.91 Å². The number of benzene rings is 2. The lowest BCUT2D eigenvalue weighted by Crippen LogP contribution is -2.47. The maximum atomic E-state index is 14.1. The molecule has 2 aliphatic rings. The van der Waals surface area contributed by atoms with E-state index in [4.69, 9.17) is 0 Å². The van der Waals surface area contributed by atoms with E-state index in [-0.39, 0.29) is 36.2 Å². The Labute approximate surface area is 213 Å². The van der Waals surface area contributed by atoms with Gasteiger partial charge in [-0.05, 0) is 73.6 Å². The number of alkyl halides is 3. The van der Waals surface area contributed by atoms with Gasteiger partial charge in [-0.3, -0.25) is 4.79 Å². The molecule has 196 valence electrons. The van der Waals surface area contributed by atoms with Gasteiger partial charge in [-0.2, -0.15) is 13.2 Å². The standard InChI is InChI=1S/C27H30F3N5O2/c1-4-26(37,24-33-32-16-34(24)3)18-7-5-8-19(13-18)35-15-21-20(23(35)36)11-17(12-22(21)27(28,29)30)14-31-25(2)9-6-10-25/h5,7-8,11-13,16,31,37H,4,6,9-10,14-15H2,1-3H3/t26-/m1/s1. The predicted octanol–water partition coefficient (Wildman–Crippen LogP) is 4.67. The highest BCUT2D eigenvalue weighted by Crippen LogP contribution is 2.41. The van der Waals surface area contributed by atoms with Crippen molar-refractivity contribution in [2.24, 2.45) is 7.05 Å². The maximum Gasteiger partial charge on any atom is 0.416 e. The number of hydrogen-bond acceptors (Lipinski definition) is 5. The zero-order valence-electron chi connectivity index (χ0n) is 21.1. The summed E-state index contributed by atoms with van der Waals surface area (Å²) in [4.78, 5) is 14.8. The van der Waals surface area contributed by atoms with E-state index in [0.717, 1.165) is 25.3 Å². The quantitative estimate of drug-likeness (QED) is 0.480. The summed E-state index contributed by atoms with van der Waals surface area (Å²) in [5.74, 6) is -0.159. The van der Waals surface area contributed by atoms with E-state index in [9.17, 15) is 23.1 Å². The molecule has 3 aromatic rings. The molecular formula is C27H30F3N5O2. The lowest BCUT2D eigenvalue weighted by atomic mass is 9.78. The van der Waals surface area contributed by atoms with Crippen LogP contribution in [0.25, 0.3) is 0 Å². The Bertz CT molecular complexity index is 1350. The summed E-state index contributed by atoms with van der Waals surface area (Å²) in [5, 5.41) is 22.8. The SMILES string of the molecule is CC[C@@](O)(c1cccc(N2Cc3c(cc(CNC4(C)CCC4)cc3C(F)(F)F)C2=O)c1)c1nncn1C. The number of anilines is 1. The third kappa shape index (κ3) is 4.42. The maximum absolute atomic E-state index is 14.1. The average Bonchev–Trinajstić information content (AvgIpc) is 3.43. The molecule has 7 nitrogen and oxygen atoms in total. The highest BCUT2D eigenvalue weighted by Gasteiger charge is 2.41. The van der Waals surface area contributed by atoms with Gasteiger partial charge < -0.3 is 19.9 Å². The van der Waals surface area contributed by atoms with E-state index in [0.29, 0.717) is 22.6 Å². The molecule has 1 amide bonds. The molecule has 1 fully saturated rings. The molecule has 0 saturated heterocycles. The summed E-state index contributed by atoms with van der Waals surface area (Å²) in [6, 6.07) is 9.42. The van der Waals surface area contributed by atoms with Gasteiger partial charge in [-0.25, -0.2) is 0 Å². The lowest BCUT2D eigenvalue weighted by molar-refractivity contribution is -0.138. The summed E-state index contributed by atoms with van der Waals surface area (Å²) >= 11 is 0. The van der Waals surface area contributed by atoms with Gasteiger partial charge in [-0.1, -0.05) is 19.1 Å². The molecular weight excluding hydrogens is 483 g/mol. The number of fused-ring (bicyclic) bond motifs is 1. The molecule has 0 spiro atoms. The summed E-state index contributed by atoms with van der Waals surface area (Å²) in [5.41, 5.74) is -0.987. The Morgan fingerprint density at radius 1 is 1.19 bits per heavy atom. The molecule has 0 radical (unpaired) electrons. The van der Waals surface area contributed by atoms with Gasteiger partial charge in [0, 0.05) is 30.4 Å². The van der Waals surface area contributed by atoms with Crippen molar-refractivity contribution in [1.29, 1.82) is 0 Å². The fraction of sp³-hybridized carbons (Fsp3) is 0.444. The second-order valence-corrected chi connectivity index (χ2v) is 10.4. The molecule has 2 N–H and O–H groups in total. The van der Waals surface area contributed by atoms with Crippen LogP contribution < -0.4 is 10.2 Å². The van der Waals surface area contributed by atoms with E-state index in [2.05, 4.69) is 22.4 Å². The Balaban J connectivity index is 1.50. The lowest BCUT2D eigenvalue weighted by Gasteiger charge is -2.39. The van der Waals surface area contributed by atoms with Gasteiger partial charge in [-0.15, -0.1) is 10.2 Å². The van der Waals surface area contributed by atoms with Crippen LogP contribution >= 0.6 is 0 Å². The second kappa shape index (κ2) is 8.95. The molecule has 2 heterocycles. The van der Waals surface area contributed by atoms with Crippen molar-refractivity contribution in [1.82, 2.24) is 20.1 Å². The van der Waals surface area contributed by atoms with Gasteiger partial charge in [0.05, 0.1) is 12.1 Å². The van der Waals surface area contributed by atoms with Gasteiger partial charge in [0.2, 0.25) is 0 Å². The van der Waals surface area contributed by atoms with E-state index in [1.54, 1.807) is 48.9 Å². The number of aliphatic hydroxyl groups is 1. The number of carbonyl (C=O) groups excluding carboxylic acids is 1. The van der Waals surface area contributed by atoms with E-state index in [1.165, 1.54) is 11.2 Å². The fourth-order valence-electron chi connectivity index (χ4n) is 5.31. The number of aryl methyl sites for hydroxylation is 1. The summed E-state index contributed by atoms with van der Waals surface area (Å²) in [7, 11) is 1.72. The van der Waals surface area contributed by atoms with Crippen LogP contribution in [0.1, 0.15) is 78.0 Å². The zero-order chi connectivity index (χ0) is 26.6. The highest BCUT2D eigenvalue weighted by molar-refractivity contribution is 6.10. The largest absolute Gasteiger partial charge is 0.416 e. The van der Waals surface area contributed by atoms with Crippen LogP contribution in [0.3, 0.4) is 0 Å². The topological polar surface area (TPSA) is 83.3 Å². The number of rotatable bonds is 7.